The molecule has 2 aliphatic heterocycles. The molecule has 7 aliphatic rings. The highest BCUT2D eigenvalue weighted by Crippen LogP contribution is 2.75. The first kappa shape index (κ1) is 27.4. The lowest BCUT2D eigenvalue weighted by Crippen LogP contribution is -2.76. The largest absolute Gasteiger partial charge is 0.390 e. The Labute approximate surface area is 254 Å². The van der Waals surface area contributed by atoms with Gasteiger partial charge in [-0.25, -0.2) is 0 Å². The van der Waals surface area contributed by atoms with Crippen LogP contribution in [0.2, 0.25) is 0 Å². The fourth-order valence-electron chi connectivity index (χ4n) is 12.1. The standard InChI is InChI=1S/C37H47NO5/c1-17(2)30-29(39)32-37(43-32)25(42-30)11-12-34(6)35(7)20(10-13-36(34,37)41)15-22-28-24(38-31(22)35)9-8-19-14-18(3)21-16-23(33(4,5)40)27(21)26(19)28/h8-9,20-21,23,25,27,29-30,32,38-41H,1,3,10-16H2,2,4-7H3/t20-,21+,23-,25-,27-,29-,30+,32+,34+,35+,36-,37-/m0/s1. The molecule has 6 nitrogen and oxygen atoms in total. The fraction of sp³-hybridized carbons (Fsp3) is 0.676. The molecule has 5 fully saturated rings. The number of allylic oxidation sites excluding steroid dienone is 1. The minimum atomic E-state index is -1.12. The monoisotopic (exact) mass is 585 g/mol. The van der Waals surface area contributed by atoms with Crippen LogP contribution in [-0.4, -0.2) is 61.5 Å². The molecule has 230 valence electrons. The Hall–Kier alpha value is -1.96. The number of aliphatic hydroxyl groups is 3. The predicted molar refractivity (Wildman–Crippen MR) is 165 cm³/mol. The third-order valence-electron chi connectivity index (χ3n) is 14.6. The molecule has 1 aromatic carbocycles. The Morgan fingerprint density at radius 1 is 1.16 bits per heavy atom. The molecule has 3 saturated carbocycles. The van der Waals surface area contributed by atoms with Crippen molar-refractivity contribution in [2.75, 3.05) is 0 Å². The smallest absolute Gasteiger partial charge is 0.153 e. The van der Waals surface area contributed by atoms with E-state index < -0.39 is 40.5 Å². The molecule has 6 heteroatoms. The van der Waals surface area contributed by atoms with Crippen molar-refractivity contribution >= 4 is 10.9 Å². The van der Waals surface area contributed by atoms with Gasteiger partial charge in [0.2, 0.25) is 0 Å². The van der Waals surface area contributed by atoms with Gasteiger partial charge in [-0.15, -0.1) is 0 Å². The van der Waals surface area contributed by atoms with Crippen molar-refractivity contribution in [3.8, 4) is 0 Å². The Bertz CT molecular complexity index is 1630. The van der Waals surface area contributed by atoms with E-state index in [0.29, 0.717) is 24.2 Å². The molecule has 3 heterocycles. The van der Waals surface area contributed by atoms with Crippen molar-refractivity contribution in [3.05, 3.63) is 58.8 Å². The van der Waals surface area contributed by atoms with Gasteiger partial charge >= 0.3 is 0 Å². The molecule has 2 aromatic rings. The average Bonchev–Trinajstić information content (AvgIpc) is 3.48. The van der Waals surface area contributed by atoms with Crippen molar-refractivity contribution in [1.29, 1.82) is 0 Å². The Balaban J connectivity index is 1.19. The maximum atomic E-state index is 13.0. The minimum Gasteiger partial charge on any atom is -0.390 e. The zero-order valence-corrected chi connectivity index (χ0v) is 26.3. The predicted octanol–water partition coefficient (Wildman–Crippen LogP) is 5.37. The Morgan fingerprint density at radius 3 is 2.65 bits per heavy atom. The molecule has 0 bridgehead atoms. The average molecular weight is 586 g/mol. The number of hydrogen-bond donors (Lipinski definition) is 4. The van der Waals surface area contributed by atoms with Crippen LogP contribution in [-0.2, 0) is 27.7 Å². The van der Waals surface area contributed by atoms with Crippen LogP contribution in [0.25, 0.3) is 10.9 Å². The molecular formula is C37H47NO5. The number of aromatic nitrogens is 1. The second-order valence-corrected chi connectivity index (χ2v) is 16.6. The van der Waals surface area contributed by atoms with Gasteiger partial charge in [0.25, 0.3) is 0 Å². The van der Waals surface area contributed by atoms with Crippen LogP contribution in [0, 0.1) is 23.2 Å². The molecule has 0 amide bonds. The van der Waals surface area contributed by atoms with E-state index >= 15 is 0 Å². The van der Waals surface area contributed by atoms with Crippen molar-refractivity contribution in [2.45, 2.75) is 132 Å². The summed E-state index contributed by atoms with van der Waals surface area (Å²) in [6.07, 6.45) is 4.13. The zero-order valence-electron chi connectivity index (χ0n) is 26.3. The summed E-state index contributed by atoms with van der Waals surface area (Å²) < 4.78 is 13.0. The van der Waals surface area contributed by atoms with Gasteiger partial charge in [0, 0.05) is 27.4 Å². The summed E-state index contributed by atoms with van der Waals surface area (Å²) in [7, 11) is 0. The van der Waals surface area contributed by atoms with E-state index in [-0.39, 0.29) is 17.4 Å². The van der Waals surface area contributed by atoms with E-state index in [9.17, 15) is 15.3 Å². The van der Waals surface area contributed by atoms with Gasteiger partial charge in [-0.2, -0.15) is 0 Å². The number of epoxide rings is 1. The summed E-state index contributed by atoms with van der Waals surface area (Å²) in [5, 5.41) is 36.9. The lowest BCUT2D eigenvalue weighted by atomic mass is 9.40. The molecular weight excluding hydrogens is 538 g/mol. The van der Waals surface area contributed by atoms with Crippen LogP contribution >= 0.6 is 0 Å². The molecule has 1 spiro atoms. The van der Waals surface area contributed by atoms with Crippen molar-refractivity contribution < 1.29 is 24.8 Å². The lowest BCUT2D eigenvalue weighted by Gasteiger charge is -2.66. The Kier molecular flexibility index (Phi) is 5.01. The maximum Gasteiger partial charge on any atom is 0.153 e. The maximum absolute atomic E-state index is 13.0. The summed E-state index contributed by atoms with van der Waals surface area (Å²) in [5.41, 5.74) is 5.30. The molecule has 12 atom stereocenters. The first-order valence-corrected chi connectivity index (χ1v) is 16.6. The Morgan fingerprint density at radius 2 is 1.93 bits per heavy atom. The zero-order chi connectivity index (χ0) is 30.2. The van der Waals surface area contributed by atoms with Gasteiger partial charge in [0.1, 0.15) is 23.9 Å². The highest BCUT2D eigenvalue weighted by molar-refractivity contribution is 5.91. The van der Waals surface area contributed by atoms with Gasteiger partial charge in [-0.3, -0.25) is 0 Å². The van der Waals surface area contributed by atoms with Crippen LogP contribution in [0.15, 0.2) is 36.4 Å². The SMILES string of the molecule is C=C1Cc2ccc3[nH]c4c(c3c2[C@H]2[C@@H]1C[C@@H]2C(C)(C)O)C[C@@H]1CC[C@@]2(O)[C@@]35O[C@@H]3[C@@H](O)[C@@H](C(=C)C)O[C@H]5CC[C@]2(C)[C@@]41C. The second kappa shape index (κ2) is 7.87. The number of fused-ring (bicyclic) bond motifs is 11. The van der Waals surface area contributed by atoms with Crippen molar-refractivity contribution in [2.24, 2.45) is 23.2 Å². The third-order valence-corrected chi connectivity index (χ3v) is 14.6. The van der Waals surface area contributed by atoms with E-state index in [0.717, 1.165) is 44.1 Å². The van der Waals surface area contributed by atoms with Gasteiger partial charge in [-0.1, -0.05) is 38.6 Å². The molecule has 4 N–H and O–H groups in total. The minimum absolute atomic E-state index is 0.213. The van der Waals surface area contributed by atoms with Gasteiger partial charge in [-0.05, 0) is 118 Å². The van der Waals surface area contributed by atoms with Crippen LogP contribution in [0.3, 0.4) is 0 Å². The number of hydrogen-bond acceptors (Lipinski definition) is 5. The number of aromatic amines is 1. The number of benzene rings is 1. The fourth-order valence-corrected chi connectivity index (χ4v) is 12.1. The summed E-state index contributed by atoms with van der Waals surface area (Å²) in [4.78, 5) is 3.97. The highest BCUT2D eigenvalue weighted by Gasteiger charge is 2.86. The van der Waals surface area contributed by atoms with Gasteiger partial charge in [0.15, 0.2) is 5.60 Å². The lowest BCUT2D eigenvalue weighted by molar-refractivity contribution is -0.265. The molecule has 2 saturated heterocycles. The van der Waals surface area contributed by atoms with Crippen LogP contribution in [0.4, 0.5) is 0 Å². The molecule has 0 radical (unpaired) electrons. The topological polar surface area (TPSA) is 98.2 Å². The van der Waals surface area contributed by atoms with Crippen molar-refractivity contribution in [3.63, 3.8) is 0 Å². The highest BCUT2D eigenvalue weighted by atomic mass is 16.7. The summed E-state index contributed by atoms with van der Waals surface area (Å²) in [6, 6.07) is 4.54. The van der Waals surface area contributed by atoms with Crippen LogP contribution in [0.1, 0.15) is 95.0 Å². The number of rotatable bonds is 2. The van der Waals surface area contributed by atoms with Crippen LogP contribution in [0.5, 0.6) is 0 Å². The molecule has 0 unspecified atom stereocenters. The normalized spacial score (nSPS) is 49.1. The summed E-state index contributed by atoms with van der Waals surface area (Å²) in [5.74, 6) is 1.34. The first-order valence-electron chi connectivity index (χ1n) is 16.6. The molecule has 43 heavy (non-hydrogen) atoms. The number of aliphatic hydroxyl groups excluding tert-OH is 1. The van der Waals surface area contributed by atoms with E-state index in [1.165, 1.54) is 38.9 Å². The number of H-pyrrole nitrogens is 1. The third kappa shape index (κ3) is 2.83. The molecule has 1 aromatic heterocycles. The van der Waals surface area contributed by atoms with Gasteiger partial charge < -0.3 is 29.8 Å². The second-order valence-electron chi connectivity index (χ2n) is 16.6. The van der Waals surface area contributed by atoms with Gasteiger partial charge in [0.05, 0.1) is 11.7 Å². The summed E-state index contributed by atoms with van der Waals surface area (Å²) in [6.45, 7) is 19.1. The molecule has 5 aliphatic carbocycles. The number of nitrogens with one attached hydrogen (secondary N) is 1. The van der Waals surface area contributed by atoms with E-state index in [1.807, 2.05) is 20.8 Å². The van der Waals surface area contributed by atoms with Crippen LogP contribution < -0.4 is 0 Å². The molecule has 9 rings (SSSR count). The quantitative estimate of drug-likeness (QED) is 0.281. The van der Waals surface area contributed by atoms with E-state index in [1.54, 1.807) is 0 Å². The number of ether oxygens (including phenoxy) is 2. The first-order chi connectivity index (χ1) is 20.2. The van der Waals surface area contributed by atoms with E-state index in [4.69, 9.17) is 9.47 Å². The van der Waals surface area contributed by atoms with Crippen molar-refractivity contribution in [1.82, 2.24) is 4.98 Å². The summed E-state index contributed by atoms with van der Waals surface area (Å²) >= 11 is 0. The van der Waals surface area contributed by atoms with E-state index in [2.05, 4.69) is 44.1 Å².